The molecule has 2 unspecified atom stereocenters. The van der Waals surface area contributed by atoms with Crippen LogP contribution >= 0.6 is 45.1 Å². The van der Waals surface area contributed by atoms with Crippen molar-refractivity contribution < 1.29 is 55.9 Å². The largest absolute Gasteiger partial charge is 0.490 e. The average Bonchev–Trinajstić information content (AvgIpc) is 3.35. The standard InChI is InChI=1S/C17H26N5O13P3S2/c1-9(40-39-2)32-11-6-13(22-7-10(4-3-5-18)14-15(22)20-17(19)21-16(14)23)33-12(11)8-31-37(27,28)35-38(29,30)34-36(24,25)26/h7,9,11-13H,5-6,8,18H2,1-2H3,(H,27,28)(H,29,30)(H2,24,25,26)(H3,19,20,21,23)/t9-,11+,12+,13+/m0/s1. The van der Waals surface area contributed by atoms with Gasteiger partial charge < -0.3 is 45.1 Å². The van der Waals surface area contributed by atoms with Gasteiger partial charge in [0.1, 0.15) is 17.8 Å². The van der Waals surface area contributed by atoms with Gasteiger partial charge in [-0.3, -0.25) is 14.3 Å². The minimum atomic E-state index is -5.71. The number of H-pyrrole nitrogens is 1. The van der Waals surface area contributed by atoms with E-state index in [2.05, 4.69) is 30.4 Å². The molecule has 0 radical (unpaired) electrons. The smallest absolute Gasteiger partial charge is 0.369 e. The van der Waals surface area contributed by atoms with Crippen LogP contribution in [0, 0.1) is 11.8 Å². The summed E-state index contributed by atoms with van der Waals surface area (Å²) in [5.74, 6) is 5.27. The molecule has 18 nitrogen and oxygen atoms in total. The number of rotatable bonds is 12. The predicted molar refractivity (Wildman–Crippen MR) is 144 cm³/mol. The van der Waals surface area contributed by atoms with Crippen molar-refractivity contribution in [2.75, 3.05) is 25.1 Å². The molecule has 1 fully saturated rings. The number of nitrogens with zero attached hydrogens (tertiary/aromatic N) is 2. The monoisotopic (exact) mass is 665 g/mol. The summed E-state index contributed by atoms with van der Waals surface area (Å²) in [5, 5.41) is 0.124. The summed E-state index contributed by atoms with van der Waals surface area (Å²) in [5.41, 5.74) is 10.7. The zero-order valence-corrected chi connectivity index (χ0v) is 25.0. The maximum atomic E-state index is 12.6. The van der Waals surface area contributed by atoms with Crippen molar-refractivity contribution in [3.05, 3.63) is 22.1 Å². The Morgan fingerprint density at radius 1 is 1.27 bits per heavy atom. The van der Waals surface area contributed by atoms with Gasteiger partial charge in [0.2, 0.25) is 5.95 Å². The summed E-state index contributed by atoms with van der Waals surface area (Å²) in [7, 11) is -13.9. The first kappa shape index (κ1) is 33.3. The van der Waals surface area contributed by atoms with E-state index in [1.807, 2.05) is 6.26 Å². The lowest BCUT2D eigenvalue weighted by atomic mass is 10.2. The molecule has 2 aromatic heterocycles. The molecule has 1 aliphatic heterocycles. The van der Waals surface area contributed by atoms with Crippen LogP contribution < -0.4 is 17.0 Å². The van der Waals surface area contributed by atoms with Crippen molar-refractivity contribution >= 4 is 62.0 Å². The number of aromatic nitrogens is 3. The Labute approximate surface area is 234 Å². The zero-order valence-electron chi connectivity index (χ0n) is 20.7. The zero-order chi connectivity index (χ0) is 29.9. The number of nitrogen functional groups attached to an aromatic ring is 1. The molecule has 0 amide bonds. The molecule has 23 heteroatoms. The molecular formula is C17H26N5O13P3S2. The summed E-state index contributed by atoms with van der Waals surface area (Å²) in [6.07, 6.45) is 0.690. The van der Waals surface area contributed by atoms with E-state index in [0.29, 0.717) is 5.56 Å². The SMILES string of the molecule is CSS[C@@H](C)O[C@@H]1C[C@H](n2cc(C#CCN)c3c(=O)[nH]c(N)nc32)O[C@@H]1COP(=O)(O)OP(=O)(O)OP(=O)(O)O. The van der Waals surface area contributed by atoms with Crippen LogP contribution in [0.4, 0.5) is 5.95 Å². The van der Waals surface area contributed by atoms with E-state index in [1.165, 1.54) is 32.4 Å². The third-order valence-corrected chi connectivity index (χ3v) is 10.7. The number of ether oxygens (including phenoxy) is 2. The van der Waals surface area contributed by atoms with Gasteiger partial charge in [-0.2, -0.15) is 13.6 Å². The van der Waals surface area contributed by atoms with Gasteiger partial charge >= 0.3 is 23.5 Å². The normalized spacial score (nSPS) is 23.3. The third-order valence-electron chi connectivity index (χ3n) is 4.93. The van der Waals surface area contributed by atoms with Gasteiger partial charge in [-0.15, -0.1) is 0 Å². The fourth-order valence-electron chi connectivity index (χ4n) is 3.67. The minimum absolute atomic E-state index is 0.0243. The Hall–Kier alpha value is -1.23. The second kappa shape index (κ2) is 13.4. The number of phosphoric ester groups is 1. The molecule has 3 rings (SSSR count). The molecule has 0 aliphatic carbocycles. The number of anilines is 1. The third kappa shape index (κ3) is 9.13. The molecule has 1 saturated heterocycles. The average molecular weight is 665 g/mol. The van der Waals surface area contributed by atoms with Crippen LogP contribution in [-0.2, 0) is 36.3 Å². The van der Waals surface area contributed by atoms with E-state index < -0.39 is 54.1 Å². The summed E-state index contributed by atoms with van der Waals surface area (Å²) in [6.45, 7) is 1.04. The van der Waals surface area contributed by atoms with E-state index in [9.17, 15) is 28.3 Å². The topological polar surface area (TPSA) is 281 Å². The number of hydrogen-bond donors (Lipinski definition) is 7. The number of nitrogens with two attached hydrogens (primary N) is 2. The van der Waals surface area contributed by atoms with E-state index in [1.54, 1.807) is 6.92 Å². The molecule has 224 valence electrons. The van der Waals surface area contributed by atoms with Crippen LogP contribution in [0.2, 0.25) is 0 Å². The van der Waals surface area contributed by atoms with Gasteiger partial charge in [0.25, 0.3) is 5.56 Å². The Kier molecular flexibility index (Phi) is 11.1. The number of hydrogen-bond acceptors (Lipinski definition) is 14. The quantitative estimate of drug-likeness (QED) is 0.0720. The maximum Gasteiger partial charge on any atom is 0.490 e. The Morgan fingerprint density at radius 3 is 2.60 bits per heavy atom. The Balaban J connectivity index is 1.89. The fraction of sp³-hybridized carbons (Fsp3) is 0.529. The van der Waals surface area contributed by atoms with Gasteiger partial charge in [0.05, 0.1) is 30.2 Å². The highest BCUT2D eigenvalue weighted by atomic mass is 33.1. The second-order valence-corrected chi connectivity index (χ2v) is 15.0. The highest BCUT2D eigenvalue weighted by Crippen LogP contribution is 2.66. The first-order valence-electron chi connectivity index (χ1n) is 10.9. The molecule has 0 aromatic carbocycles. The van der Waals surface area contributed by atoms with Crippen molar-refractivity contribution in [3.8, 4) is 11.8 Å². The molecule has 40 heavy (non-hydrogen) atoms. The Bertz CT molecular complexity index is 1490. The van der Waals surface area contributed by atoms with Crippen molar-refractivity contribution in [1.29, 1.82) is 0 Å². The molecular weight excluding hydrogens is 639 g/mol. The van der Waals surface area contributed by atoms with E-state index in [-0.39, 0.29) is 35.4 Å². The van der Waals surface area contributed by atoms with Gasteiger partial charge in [-0.25, -0.2) is 13.7 Å². The number of fused-ring (bicyclic) bond motifs is 1. The van der Waals surface area contributed by atoms with Gasteiger partial charge in [-0.05, 0) is 13.2 Å². The second-order valence-electron chi connectivity index (χ2n) is 7.86. The predicted octanol–water partition coefficient (Wildman–Crippen LogP) is 0.990. The summed E-state index contributed by atoms with van der Waals surface area (Å²) in [6, 6.07) is 0. The lowest BCUT2D eigenvalue weighted by molar-refractivity contribution is -0.0616. The minimum Gasteiger partial charge on any atom is -0.369 e. The van der Waals surface area contributed by atoms with Crippen molar-refractivity contribution in [2.45, 2.75) is 37.2 Å². The molecule has 9 N–H and O–H groups in total. The highest BCUT2D eigenvalue weighted by molar-refractivity contribution is 8.76. The first-order chi connectivity index (χ1) is 18.5. The Morgan fingerprint density at radius 2 is 1.98 bits per heavy atom. The van der Waals surface area contributed by atoms with Crippen LogP contribution in [0.3, 0.4) is 0 Å². The van der Waals surface area contributed by atoms with Crippen molar-refractivity contribution in [1.82, 2.24) is 14.5 Å². The van der Waals surface area contributed by atoms with Crippen molar-refractivity contribution in [3.63, 3.8) is 0 Å². The lowest BCUT2D eigenvalue weighted by Gasteiger charge is -2.23. The molecule has 3 heterocycles. The molecule has 0 bridgehead atoms. The lowest BCUT2D eigenvalue weighted by Crippen LogP contribution is -2.30. The van der Waals surface area contributed by atoms with Crippen LogP contribution in [0.25, 0.3) is 11.0 Å². The number of nitrogens with one attached hydrogen (secondary N) is 1. The molecule has 1 aliphatic rings. The number of phosphoric acid groups is 3. The fourth-order valence-corrected chi connectivity index (χ4v) is 8.11. The van der Waals surface area contributed by atoms with E-state index >= 15 is 0 Å². The molecule has 2 aromatic rings. The highest BCUT2D eigenvalue weighted by Gasteiger charge is 2.44. The first-order valence-corrected chi connectivity index (χ1v) is 18.1. The van der Waals surface area contributed by atoms with Crippen molar-refractivity contribution in [2.24, 2.45) is 5.73 Å². The van der Waals surface area contributed by atoms with Crippen LogP contribution in [0.15, 0.2) is 11.0 Å². The molecule has 0 saturated carbocycles. The molecule has 0 spiro atoms. The maximum absolute atomic E-state index is 12.6. The van der Waals surface area contributed by atoms with Gasteiger partial charge in [0, 0.05) is 12.6 Å². The molecule has 6 atom stereocenters. The summed E-state index contributed by atoms with van der Waals surface area (Å²) in [4.78, 5) is 55.8. The van der Waals surface area contributed by atoms with E-state index in [0.717, 1.165) is 0 Å². The number of aromatic amines is 1. The van der Waals surface area contributed by atoms with Gasteiger partial charge in [0.15, 0.2) is 5.65 Å². The van der Waals surface area contributed by atoms with Crippen LogP contribution in [-0.4, -0.2) is 71.2 Å². The summed E-state index contributed by atoms with van der Waals surface area (Å²) < 4.78 is 60.5. The van der Waals surface area contributed by atoms with Crippen LogP contribution in [0.5, 0.6) is 0 Å². The van der Waals surface area contributed by atoms with Gasteiger partial charge in [-0.1, -0.05) is 33.4 Å². The summed E-state index contributed by atoms with van der Waals surface area (Å²) >= 11 is 0. The van der Waals surface area contributed by atoms with E-state index in [4.69, 9.17) is 35.3 Å². The van der Waals surface area contributed by atoms with Crippen LogP contribution in [0.1, 0.15) is 25.1 Å².